The molecule has 0 radical (unpaired) electrons. The molecule has 1 aliphatic rings. The predicted octanol–water partition coefficient (Wildman–Crippen LogP) is 6.63. The van der Waals surface area contributed by atoms with Crippen molar-refractivity contribution in [2.45, 2.75) is 32.9 Å². The van der Waals surface area contributed by atoms with Gasteiger partial charge in [0.2, 0.25) is 0 Å². The minimum absolute atomic E-state index is 0.0581. The van der Waals surface area contributed by atoms with E-state index in [1.165, 1.54) is 22.5 Å². The molecule has 0 spiro atoms. The van der Waals surface area contributed by atoms with Crippen LogP contribution in [-0.2, 0) is 0 Å². The normalized spacial score (nSPS) is 17.9. The maximum Gasteiger partial charge on any atom is 0.174 e. The average Bonchev–Trinajstić information content (AvgIpc) is 3.28. The second kappa shape index (κ2) is 8.65. The molecule has 0 amide bonds. The Kier molecular flexibility index (Phi) is 5.69. The molecule has 1 N–H and O–H groups in total. The molecule has 1 fully saturated rings. The van der Waals surface area contributed by atoms with E-state index in [1.54, 1.807) is 0 Å². The number of hydrogen-bond acceptors (Lipinski definition) is 2. The van der Waals surface area contributed by atoms with Crippen molar-refractivity contribution in [1.29, 1.82) is 0 Å². The minimum Gasteiger partial charge on any atom is -0.351 e. The first kappa shape index (κ1) is 21.7. The van der Waals surface area contributed by atoms with Crippen molar-refractivity contribution >= 4 is 34.6 Å². The van der Waals surface area contributed by atoms with Crippen LogP contribution >= 0.6 is 23.8 Å². The molecule has 1 saturated heterocycles. The van der Waals surface area contributed by atoms with E-state index in [2.05, 4.69) is 70.9 Å². The Hall–Kier alpha value is -3.15. The van der Waals surface area contributed by atoms with Crippen molar-refractivity contribution in [3.8, 4) is 5.69 Å². The molecule has 33 heavy (non-hydrogen) atoms. The summed E-state index contributed by atoms with van der Waals surface area (Å²) in [7, 11) is 0. The Morgan fingerprint density at radius 1 is 0.848 bits per heavy atom. The summed E-state index contributed by atoms with van der Waals surface area (Å²) in [5, 5.41) is 4.94. The van der Waals surface area contributed by atoms with Gasteiger partial charge in [0.1, 0.15) is 0 Å². The van der Waals surface area contributed by atoms with Crippen LogP contribution in [0.1, 0.15) is 40.3 Å². The van der Waals surface area contributed by atoms with E-state index < -0.39 is 0 Å². The Bertz CT molecular complexity index is 1300. The number of aromatic nitrogens is 2. The van der Waals surface area contributed by atoms with Gasteiger partial charge in [-0.15, -0.1) is 0 Å². The van der Waals surface area contributed by atoms with Crippen molar-refractivity contribution in [1.82, 2.24) is 14.9 Å². The second-order valence-electron chi connectivity index (χ2n) is 8.35. The predicted molar refractivity (Wildman–Crippen MR) is 139 cm³/mol. The third-order valence-electron chi connectivity index (χ3n) is 6.52. The van der Waals surface area contributed by atoms with Gasteiger partial charge in [-0.25, -0.2) is 0 Å². The SMILES string of the molecule is Cc1c(C2C(c3ccccn3)NC(=S)N2c2ccc(Cl)cc2)c(C)n(-c2ccccc2)c1C. The Morgan fingerprint density at radius 2 is 1.55 bits per heavy atom. The number of nitrogens with one attached hydrogen (secondary N) is 1. The van der Waals surface area contributed by atoms with Crippen molar-refractivity contribution in [3.63, 3.8) is 0 Å². The Morgan fingerprint density at radius 3 is 2.21 bits per heavy atom. The third kappa shape index (κ3) is 3.71. The number of pyridine rings is 1. The molecular formula is C27H25ClN4S. The van der Waals surface area contributed by atoms with Crippen molar-refractivity contribution in [3.05, 3.63) is 112 Å². The standard InChI is InChI=1S/C27H25ClN4S/c1-17-18(2)31(21-9-5-4-6-10-21)19(3)24(17)26-25(23-11-7-8-16-29-23)30-27(33)32(26)22-14-12-20(28)13-15-22/h4-16,25-26H,1-3H3,(H,30,33). The Labute approximate surface area is 204 Å². The number of benzene rings is 2. The molecule has 5 rings (SSSR count). The molecular weight excluding hydrogens is 448 g/mol. The van der Waals surface area contributed by atoms with E-state index in [0.29, 0.717) is 10.1 Å². The molecule has 2 aromatic carbocycles. The molecule has 2 atom stereocenters. The van der Waals surface area contributed by atoms with Gasteiger partial charge < -0.3 is 14.8 Å². The van der Waals surface area contributed by atoms with Crippen LogP contribution in [0, 0.1) is 20.8 Å². The van der Waals surface area contributed by atoms with Gasteiger partial charge in [-0.3, -0.25) is 4.98 Å². The molecule has 166 valence electrons. The molecule has 0 saturated carbocycles. The summed E-state index contributed by atoms with van der Waals surface area (Å²) in [6.45, 7) is 6.58. The fourth-order valence-corrected chi connectivity index (χ4v) is 5.41. The number of anilines is 1. The lowest BCUT2D eigenvalue weighted by molar-refractivity contribution is 0.563. The molecule has 4 nitrogen and oxygen atoms in total. The van der Waals surface area contributed by atoms with Gasteiger partial charge in [-0.2, -0.15) is 0 Å². The monoisotopic (exact) mass is 472 g/mol. The second-order valence-corrected chi connectivity index (χ2v) is 9.18. The lowest BCUT2D eigenvalue weighted by atomic mass is 9.93. The van der Waals surface area contributed by atoms with Gasteiger partial charge in [0.05, 0.1) is 17.8 Å². The van der Waals surface area contributed by atoms with E-state index in [-0.39, 0.29) is 12.1 Å². The highest BCUT2D eigenvalue weighted by molar-refractivity contribution is 7.80. The minimum atomic E-state index is -0.0854. The molecule has 2 aromatic heterocycles. The molecule has 3 heterocycles. The molecule has 4 aromatic rings. The van der Waals surface area contributed by atoms with E-state index in [0.717, 1.165) is 17.1 Å². The first-order valence-corrected chi connectivity index (χ1v) is 11.8. The number of halogens is 1. The highest BCUT2D eigenvalue weighted by Crippen LogP contribution is 2.45. The lowest BCUT2D eigenvalue weighted by Gasteiger charge is -2.29. The van der Waals surface area contributed by atoms with Crippen LogP contribution in [0.4, 0.5) is 5.69 Å². The first-order chi connectivity index (χ1) is 16.0. The van der Waals surface area contributed by atoms with Gasteiger partial charge in [-0.05, 0) is 87.1 Å². The summed E-state index contributed by atoms with van der Waals surface area (Å²) in [4.78, 5) is 6.89. The van der Waals surface area contributed by atoms with Crippen LogP contribution in [0.5, 0.6) is 0 Å². The van der Waals surface area contributed by atoms with Crippen LogP contribution in [-0.4, -0.2) is 14.7 Å². The van der Waals surface area contributed by atoms with Crippen LogP contribution in [0.2, 0.25) is 5.02 Å². The highest BCUT2D eigenvalue weighted by atomic mass is 35.5. The number of rotatable bonds is 4. The van der Waals surface area contributed by atoms with Gasteiger partial charge in [0, 0.05) is 39.5 Å². The largest absolute Gasteiger partial charge is 0.351 e. The third-order valence-corrected chi connectivity index (χ3v) is 7.09. The maximum atomic E-state index is 6.19. The van der Waals surface area contributed by atoms with E-state index in [1.807, 2.05) is 48.7 Å². The van der Waals surface area contributed by atoms with E-state index >= 15 is 0 Å². The van der Waals surface area contributed by atoms with Crippen LogP contribution in [0.3, 0.4) is 0 Å². The summed E-state index contributed by atoms with van der Waals surface area (Å²) in [5.41, 5.74) is 8.06. The van der Waals surface area contributed by atoms with Crippen LogP contribution in [0.25, 0.3) is 5.69 Å². The molecule has 0 aliphatic carbocycles. The average molecular weight is 473 g/mol. The number of para-hydroxylation sites is 1. The van der Waals surface area contributed by atoms with E-state index in [9.17, 15) is 0 Å². The number of hydrogen-bond donors (Lipinski definition) is 1. The summed E-state index contributed by atoms with van der Waals surface area (Å²) in [6.07, 6.45) is 1.84. The van der Waals surface area contributed by atoms with Gasteiger partial charge >= 0.3 is 0 Å². The first-order valence-electron chi connectivity index (χ1n) is 11.0. The van der Waals surface area contributed by atoms with Gasteiger partial charge in [0.25, 0.3) is 0 Å². The zero-order valence-electron chi connectivity index (χ0n) is 18.8. The number of thiocarbonyl (C=S) groups is 1. The summed E-state index contributed by atoms with van der Waals surface area (Å²) in [5.74, 6) is 0. The van der Waals surface area contributed by atoms with Crippen LogP contribution < -0.4 is 10.2 Å². The van der Waals surface area contributed by atoms with Crippen LogP contribution in [0.15, 0.2) is 79.0 Å². The Balaban J connectivity index is 1.72. The lowest BCUT2D eigenvalue weighted by Crippen LogP contribution is -2.29. The fraction of sp³-hybridized carbons (Fsp3) is 0.185. The summed E-state index contributed by atoms with van der Waals surface area (Å²) >= 11 is 12.1. The van der Waals surface area contributed by atoms with Crippen molar-refractivity contribution in [2.24, 2.45) is 0 Å². The van der Waals surface area contributed by atoms with Gasteiger partial charge in [0.15, 0.2) is 5.11 Å². The fourth-order valence-electron chi connectivity index (χ4n) is 4.93. The molecule has 1 aliphatic heterocycles. The van der Waals surface area contributed by atoms with Crippen molar-refractivity contribution < 1.29 is 0 Å². The summed E-state index contributed by atoms with van der Waals surface area (Å²) in [6, 6.07) is 24.2. The highest BCUT2D eigenvalue weighted by Gasteiger charge is 2.43. The quantitative estimate of drug-likeness (QED) is 0.338. The number of nitrogens with zero attached hydrogens (tertiary/aromatic N) is 3. The zero-order valence-corrected chi connectivity index (χ0v) is 20.4. The van der Waals surface area contributed by atoms with Gasteiger partial charge in [-0.1, -0.05) is 35.9 Å². The molecule has 0 bridgehead atoms. The zero-order chi connectivity index (χ0) is 23.1. The summed E-state index contributed by atoms with van der Waals surface area (Å²) < 4.78 is 2.33. The van der Waals surface area contributed by atoms with E-state index in [4.69, 9.17) is 23.8 Å². The molecule has 2 unspecified atom stereocenters. The topological polar surface area (TPSA) is 33.1 Å². The maximum absolute atomic E-state index is 6.19. The molecule has 6 heteroatoms. The van der Waals surface area contributed by atoms with Crippen molar-refractivity contribution in [2.75, 3.05) is 4.90 Å². The smallest absolute Gasteiger partial charge is 0.174 e.